The zero-order chi connectivity index (χ0) is 19.9. The number of nitrogens with one attached hydrogen (secondary N) is 1. The maximum absolute atomic E-state index is 12.5. The number of nitriles is 1. The second-order valence-corrected chi connectivity index (χ2v) is 6.36. The minimum absolute atomic E-state index is 0.308. The van der Waals surface area contributed by atoms with Gasteiger partial charge in [0.2, 0.25) is 0 Å². The van der Waals surface area contributed by atoms with Gasteiger partial charge in [0.05, 0.1) is 18.7 Å². The van der Waals surface area contributed by atoms with E-state index < -0.39 is 0 Å². The summed E-state index contributed by atoms with van der Waals surface area (Å²) in [6.07, 6.45) is 0. The van der Waals surface area contributed by atoms with E-state index in [0.717, 1.165) is 5.56 Å². The maximum Gasteiger partial charge on any atom is 0.255 e. The van der Waals surface area contributed by atoms with E-state index in [1.807, 2.05) is 18.2 Å². The van der Waals surface area contributed by atoms with Gasteiger partial charge in [-0.1, -0.05) is 29.8 Å². The number of amides is 1. The number of rotatable bonds is 6. The molecule has 3 aromatic carbocycles. The molecule has 0 unspecified atom stereocenters. The zero-order valence-electron chi connectivity index (χ0n) is 15.1. The highest BCUT2D eigenvalue weighted by Crippen LogP contribution is 2.29. The van der Waals surface area contributed by atoms with Gasteiger partial charge in [0, 0.05) is 16.3 Å². The number of anilines is 1. The summed E-state index contributed by atoms with van der Waals surface area (Å²) in [5.41, 5.74) is 2.40. The second kappa shape index (κ2) is 8.94. The van der Waals surface area contributed by atoms with Crippen LogP contribution in [-0.4, -0.2) is 13.0 Å². The van der Waals surface area contributed by atoms with Crippen LogP contribution in [0.15, 0.2) is 66.7 Å². The van der Waals surface area contributed by atoms with Crippen LogP contribution in [0.2, 0.25) is 5.02 Å². The van der Waals surface area contributed by atoms with Crippen molar-refractivity contribution in [3.63, 3.8) is 0 Å². The van der Waals surface area contributed by atoms with Crippen molar-refractivity contribution >= 4 is 23.2 Å². The number of nitrogens with zero attached hydrogens (tertiary/aromatic N) is 1. The molecule has 0 saturated heterocycles. The molecule has 0 aromatic heterocycles. The molecule has 0 fully saturated rings. The Morgan fingerprint density at radius 2 is 1.86 bits per heavy atom. The molecule has 3 rings (SSSR count). The molecule has 5 nitrogen and oxygen atoms in total. The predicted octanol–water partition coefficient (Wildman–Crippen LogP) is 5.05. The number of hydrogen-bond acceptors (Lipinski definition) is 4. The molecule has 0 spiro atoms. The van der Waals surface area contributed by atoms with Gasteiger partial charge in [-0.25, -0.2) is 0 Å². The molecule has 1 amide bonds. The maximum atomic E-state index is 12.5. The molecular formula is C22H17ClN2O3. The summed E-state index contributed by atoms with van der Waals surface area (Å²) in [5.74, 6) is 0.672. The summed E-state index contributed by atoms with van der Waals surface area (Å²) >= 11 is 5.88. The monoisotopic (exact) mass is 392 g/mol. The first-order valence-electron chi connectivity index (χ1n) is 8.46. The summed E-state index contributed by atoms with van der Waals surface area (Å²) in [6, 6.07) is 21.1. The fourth-order valence-electron chi connectivity index (χ4n) is 2.54. The Hall–Kier alpha value is -3.49. The first-order chi connectivity index (χ1) is 13.6. The van der Waals surface area contributed by atoms with Crippen LogP contribution in [0, 0.1) is 11.3 Å². The van der Waals surface area contributed by atoms with Crippen LogP contribution < -0.4 is 14.8 Å². The lowest BCUT2D eigenvalue weighted by atomic mass is 10.1. The van der Waals surface area contributed by atoms with E-state index in [4.69, 9.17) is 26.3 Å². The molecule has 140 valence electrons. The van der Waals surface area contributed by atoms with E-state index in [1.54, 1.807) is 54.6 Å². The van der Waals surface area contributed by atoms with E-state index in [2.05, 4.69) is 5.32 Å². The van der Waals surface area contributed by atoms with Gasteiger partial charge >= 0.3 is 0 Å². The van der Waals surface area contributed by atoms with E-state index in [1.165, 1.54) is 7.11 Å². The summed E-state index contributed by atoms with van der Waals surface area (Å²) in [7, 11) is 1.52. The normalized spacial score (nSPS) is 10.0. The minimum Gasteiger partial charge on any atom is -0.493 e. The molecule has 0 bridgehead atoms. The topological polar surface area (TPSA) is 71.3 Å². The van der Waals surface area contributed by atoms with Crippen LogP contribution in [0.25, 0.3) is 0 Å². The number of methoxy groups -OCH3 is 1. The molecule has 1 N–H and O–H groups in total. The highest BCUT2D eigenvalue weighted by atomic mass is 35.5. The van der Waals surface area contributed by atoms with Crippen molar-refractivity contribution in [2.45, 2.75) is 6.61 Å². The number of hydrogen-bond donors (Lipinski definition) is 1. The average molecular weight is 393 g/mol. The standard InChI is InChI=1S/C22H17ClN2O3/c1-27-21-12-17(22(26)25-19-4-2-3-16(11-19)13-24)7-10-20(21)28-14-15-5-8-18(23)9-6-15/h2-12H,14H2,1H3,(H,25,26). The Kier molecular flexibility index (Phi) is 6.15. The lowest BCUT2D eigenvalue weighted by molar-refractivity contribution is 0.102. The molecule has 0 atom stereocenters. The molecule has 3 aromatic rings. The fraction of sp³-hybridized carbons (Fsp3) is 0.0909. The molecule has 0 aliphatic heterocycles. The molecule has 0 aliphatic rings. The summed E-state index contributed by atoms with van der Waals surface area (Å²) in [4.78, 5) is 12.5. The Labute approximate surface area is 168 Å². The molecular weight excluding hydrogens is 376 g/mol. The lowest BCUT2D eigenvalue weighted by Crippen LogP contribution is -2.12. The Morgan fingerprint density at radius 1 is 1.07 bits per heavy atom. The van der Waals surface area contributed by atoms with Crippen LogP contribution in [0.5, 0.6) is 11.5 Å². The SMILES string of the molecule is COc1cc(C(=O)Nc2cccc(C#N)c2)ccc1OCc1ccc(Cl)cc1. The Bertz CT molecular complexity index is 1030. The van der Waals surface area contributed by atoms with Gasteiger partial charge < -0.3 is 14.8 Å². The van der Waals surface area contributed by atoms with Gasteiger partial charge in [-0.05, 0) is 54.1 Å². The van der Waals surface area contributed by atoms with Crippen molar-refractivity contribution in [2.24, 2.45) is 0 Å². The molecule has 6 heteroatoms. The first kappa shape index (κ1) is 19.3. The Balaban J connectivity index is 1.71. The number of benzene rings is 3. The van der Waals surface area contributed by atoms with Gasteiger partial charge in [-0.15, -0.1) is 0 Å². The number of carbonyl (C=O) groups is 1. The quantitative estimate of drug-likeness (QED) is 0.637. The van der Waals surface area contributed by atoms with E-state index in [-0.39, 0.29) is 5.91 Å². The molecule has 0 heterocycles. The Morgan fingerprint density at radius 3 is 2.57 bits per heavy atom. The van der Waals surface area contributed by atoms with Crippen molar-refractivity contribution in [1.29, 1.82) is 5.26 Å². The highest BCUT2D eigenvalue weighted by molar-refractivity contribution is 6.30. The summed E-state index contributed by atoms with van der Waals surface area (Å²) in [5, 5.41) is 12.4. The largest absolute Gasteiger partial charge is 0.493 e. The van der Waals surface area contributed by atoms with Gasteiger partial charge in [-0.3, -0.25) is 4.79 Å². The molecule has 0 radical (unpaired) electrons. The van der Waals surface area contributed by atoms with Gasteiger partial charge in [0.15, 0.2) is 11.5 Å². The third-order valence-electron chi connectivity index (χ3n) is 3.98. The second-order valence-electron chi connectivity index (χ2n) is 5.93. The fourth-order valence-corrected chi connectivity index (χ4v) is 2.67. The molecule has 28 heavy (non-hydrogen) atoms. The van der Waals surface area contributed by atoms with E-state index in [9.17, 15) is 4.79 Å². The average Bonchev–Trinajstić information content (AvgIpc) is 2.73. The highest BCUT2D eigenvalue weighted by Gasteiger charge is 2.12. The lowest BCUT2D eigenvalue weighted by Gasteiger charge is -2.12. The summed E-state index contributed by atoms with van der Waals surface area (Å²) in [6.45, 7) is 0.347. The van der Waals surface area contributed by atoms with Crippen LogP contribution in [0.4, 0.5) is 5.69 Å². The third-order valence-corrected chi connectivity index (χ3v) is 4.23. The van der Waals surface area contributed by atoms with Crippen molar-refractivity contribution in [3.05, 3.63) is 88.4 Å². The van der Waals surface area contributed by atoms with E-state index in [0.29, 0.717) is 39.9 Å². The summed E-state index contributed by atoms with van der Waals surface area (Å²) < 4.78 is 11.2. The van der Waals surface area contributed by atoms with Crippen molar-refractivity contribution in [1.82, 2.24) is 0 Å². The van der Waals surface area contributed by atoms with Crippen molar-refractivity contribution in [2.75, 3.05) is 12.4 Å². The number of halogens is 1. The third kappa shape index (κ3) is 4.81. The zero-order valence-corrected chi connectivity index (χ0v) is 15.9. The van der Waals surface area contributed by atoms with Crippen molar-refractivity contribution < 1.29 is 14.3 Å². The molecule has 0 saturated carbocycles. The smallest absolute Gasteiger partial charge is 0.255 e. The van der Waals surface area contributed by atoms with Crippen LogP contribution in [-0.2, 0) is 6.61 Å². The van der Waals surface area contributed by atoms with Gasteiger partial charge in [0.25, 0.3) is 5.91 Å². The van der Waals surface area contributed by atoms with Gasteiger partial charge in [-0.2, -0.15) is 5.26 Å². The van der Waals surface area contributed by atoms with Crippen LogP contribution in [0.3, 0.4) is 0 Å². The minimum atomic E-state index is -0.308. The van der Waals surface area contributed by atoms with Crippen molar-refractivity contribution in [3.8, 4) is 17.6 Å². The van der Waals surface area contributed by atoms with Crippen LogP contribution >= 0.6 is 11.6 Å². The van der Waals surface area contributed by atoms with Crippen LogP contribution in [0.1, 0.15) is 21.5 Å². The molecule has 0 aliphatic carbocycles. The van der Waals surface area contributed by atoms with E-state index >= 15 is 0 Å². The number of ether oxygens (including phenoxy) is 2. The number of carbonyl (C=O) groups excluding carboxylic acids is 1. The van der Waals surface area contributed by atoms with Gasteiger partial charge in [0.1, 0.15) is 6.61 Å². The predicted molar refractivity (Wildman–Crippen MR) is 108 cm³/mol. The first-order valence-corrected chi connectivity index (χ1v) is 8.83.